The molecule has 0 spiro atoms. The summed E-state index contributed by atoms with van der Waals surface area (Å²) in [7, 11) is 0. The van der Waals surface area contributed by atoms with Gasteiger partial charge in [0.15, 0.2) is 0 Å². The molecule has 0 radical (unpaired) electrons. The van der Waals surface area contributed by atoms with Gasteiger partial charge in [0.2, 0.25) is 0 Å². The molecule has 3 heteroatoms. The fourth-order valence-electron chi connectivity index (χ4n) is 3.74. The molecule has 2 fully saturated rings. The molecule has 2 nitrogen and oxygen atoms in total. The molecule has 1 unspecified atom stereocenters. The van der Waals surface area contributed by atoms with Crippen molar-refractivity contribution in [3.05, 3.63) is 23.2 Å². The molecule has 1 aromatic rings. The number of halogens is 1. The minimum atomic E-state index is 0.662. The first kappa shape index (κ1) is 12.2. The van der Waals surface area contributed by atoms with Crippen molar-refractivity contribution in [2.45, 2.75) is 44.6 Å². The SMILES string of the molecule is Nc1cccc(Cl)c1N1CCCC1C1CCCC1. The first-order valence-corrected chi connectivity index (χ1v) is 7.46. The van der Waals surface area contributed by atoms with Crippen molar-refractivity contribution >= 4 is 23.0 Å². The Bertz CT molecular complexity index is 406. The number of para-hydroxylation sites is 1. The Morgan fingerprint density at radius 3 is 2.61 bits per heavy atom. The second kappa shape index (κ2) is 5.00. The molecule has 18 heavy (non-hydrogen) atoms. The van der Waals surface area contributed by atoms with E-state index in [1.807, 2.05) is 18.2 Å². The first-order valence-electron chi connectivity index (χ1n) is 7.08. The maximum atomic E-state index is 6.36. The number of nitrogens with two attached hydrogens (primary N) is 1. The van der Waals surface area contributed by atoms with Gasteiger partial charge < -0.3 is 10.6 Å². The van der Waals surface area contributed by atoms with Gasteiger partial charge in [-0.15, -0.1) is 0 Å². The van der Waals surface area contributed by atoms with E-state index in [1.165, 1.54) is 38.5 Å². The van der Waals surface area contributed by atoms with Gasteiger partial charge in [0.25, 0.3) is 0 Å². The van der Waals surface area contributed by atoms with Crippen molar-refractivity contribution in [2.75, 3.05) is 17.2 Å². The Morgan fingerprint density at radius 2 is 1.89 bits per heavy atom. The summed E-state index contributed by atoms with van der Waals surface area (Å²) in [4.78, 5) is 2.48. The van der Waals surface area contributed by atoms with Crippen LogP contribution in [-0.2, 0) is 0 Å². The van der Waals surface area contributed by atoms with Gasteiger partial charge in [-0.3, -0.25) is 0 Å². The van der Waals surface area contributed by atoms with Crippen LogP contribution in [0.15, 0.2) is 18.2 Å². The lowest BCUT2D eigenvalue weighted by atomic mass is 9.95. The third-order valence-electron chi connectivity index (χ3n) is 4.55. The van der Waals surface area contributed by atoms with Gasteiger partial charge in [0.05, 0.1) is 16.4 Å². The number of rotatable bonds is 2. The third-order valence-corrected chi connectivity index (χ3v) is 4.85. The molecular formula is C15H21ClN2. The molecule has 1 aromatic carbocycles. The Hall–Kier alpha value is -0.890. The molecule has 1 aliphatic carbocycles. The minimum absolute atomic E-state index is 0.662. The number of nitrogen functional groups attached to an aromatic ring is 1. The van der Waals surface area contributed by atoms with E-state index in [0.29, 0.717) is 6.04 Å². The van der Waals surface area contributed by atoms with E-state index in [-0.39, 0.29) is 0 Å². The highest BCUT2D eigenvalue weighted by molar-refractivity contribution is 6.34. The molecule has 98 valence electrons. The van der Waals surface area contributed by atoms with Crippen LogP contribution in [-0.4, -0.2) is 12.6 Å². The number of nitrogens with zero attached hydrogens (tertiary/aromatic N) is 1. The number of anilines is 2. The maximum Gasteiger partial charge on any atom is 0.0791 e. The van der Waals surface area contributed by atoms with Crippen LogP contribution >= 0.6 is 11.6 Å². The van der Waals surface area contributed by atoms with Crippen molar-refractivity contribution in [3.8, 4) is 0 Å². The van der Waals surface area contributed by atoms with Crippen molar-refractivity contribution in [1.29, 1.82) is 0 Å². The summed E-state index contributed by atoms with van der Waals surface area (Å²) in [5.74, 6) is 0.850. The topological polar surface area (TPSA) is 29.3 Å². The first-order chi connectivity index (χ1) is 8.77. The van der Waals surface area contributed by atoms with Crippen LogP contribution in [0.2, 0.25) is 5.02 Å². The molecule has 0 aromatic heterocycles. The Balaban J connectivity index is 1.90. The Morgan fingerprint density at radius 1 is 1.11 bits per heavy atom. The average molecular weight is 265 g/mol. The summed E-state index contributed by atoms with van der Waals surface area (Å²) < 4.78 is 0. The zero-order valence-corrected chi connectivity index (χ0v) is 11.5. The van der Waals surface area contributed by atoms with Crippen LogP contribution in [0, 0.1) is 5.92 Å². The molecule has 3 rings (SSSR count). The van der Waals surface area contributed by atoms with Gasteiger partial charge in [0.1, 0.15) is 0 Å². The van der Waals surface area contributed by atoms with Gasteiger partial charge in [-0.05, 0) is 43.7 Å². The van der Waals surface area contributed by atoms with Crippen molar-refractivity contribution in [3.63, 3.8) is 0 Å². The van der Waals surface area contributed by atoms with Crippen LogP contribution in [0.4, 0.5) is 11.4 Å². The van der Waals surface area contributed by atoms with Gasteiger partial charge in [-0.2, -0.15) is 0 Å². The van der Waals surface area contributed by atoms with Crippen LogP contribution in [0.3, 0.4) is 0 Å². The van der Waals surface area contributed by atoms with Crippen molar-refractivity contribution in [1.82, 2.24) is 0 Å². The molecular weight excluding hydrogens is 244 g/mol. The van der Waals surface area contributed by atoms with E-state index < -0.39 is 0 Å². The standard InChI is InChI=1S/C15H21ClN2/c16-12-7-3-8-13(17)15(12)18-10-4-9-14(18)11-5-1-2-6-11/h3,7-8,11,14H,1-2,4-6,9-10,17H2. The second-order valence-corrected chi connectivity index (χ2v) is 6.03. The van der Waals surface area contributed by atoms with Crippen LogP contribution in [0.1, 0.15) is 38.5 Å². The van der Waals surface area contributed by atoms with Gasteiger partial charge >= 0.3 is 0 Å². The Labute approximate surface area is 114 Å². The number of hydrogen-bond acceptors (Lipinski definition) is 2. The van der Waals surface area contributed by atoms with Crippen molar-refractivity contribution in [2.24, 2.45) is 5.92 Å². The lowest BCUT2D eigenvalue weighted by Gasteiger charge is -2.32. The minimum Gasteiger partial charge on any atom is -0.397 e. The highest BCUT2D eigenvalue weighted by Crippen LogP contribution is 2.42. The smallest absolute Gasteiger partial charge is 0.0791 e. The summed E-state index contributed by atoms with van der Waals surface area (Å²) in [6.45, 7) is 1.11. The van der Waals surface area contributed by atoms with E-state index in [0.717, 1.165) is 28.9 Å². The maximum absolute atomic E-state index is 6.36. The Kier molecular flexibility index (Phi) is 3.38. The quantitative estimate of drug-likeness (QED) is 0.816. The molecule has 1 saturated heterocycles. The molecule has 2 aliphatic rings. The lowest BCUT2D eigenvalue weighted by Crippen LogP contribution is -2.35. The number of benzene rings is 1. The summed E-state index contributed by atoms with van der Waals surface area (Å²) in [5.41, 5.74) is 8.04. The molecule has 0 bridgehead atoms. The van der Waals surface area contributed by atoms with Gasteiger partial charge in [-0.1, -0.05) is 30.5 Å². The number of hydrogen-bond donors (Lipinski definition) is 1. The third kappa shape index (κ3) is 2.07. The van der Waals surface area contributed by atoms with Crippen molar-refractivity contribution < 1.29 is 0 Å². The van der Waals surface area contributed by atoms with Crippen LogP contribution in [0.25, 0.3) is 0 Å². The molecule has 1 saturated carbocycles. The summed E-state index contributed by atoms with van der Waals surface area (Å²) in [6.07, 6.45) is 8.12. The predicted molar refractivity (Wildman–Crippen MR) is 78.2 cm³/mol. The predicted octanol–water partition coefficient (Wildman–Crippen LogP) is 4.08. The van der Waals surface area contributed by atoms with E-state index in [1.54, 1.807) is 0 Å². The largest absolute Gasteiger partial charge is 0.397 e. The van der Waals surface area contributed by atoms with Crippen LogP contribution < -0.4 is 10.6 Å². The monoisotopic (exact) mass is 264 g/mol. The summed E-state index contributed by atoms with van der Waals surface area (Å²) >= 11 is 6.36. The molecule has 0 amide bonds. The summed E-state index contributed by atoms with van der Waals surface area (Å²) in [6, 6.07) is 6.51. The average Bonchev–Trinajstić information content (AvgIpc) is 2.98. The lowest BCUT2D eigenvalue weighted by molar-refractivity contribution is 0.431. The molecule has 2 N–H and O–H groups in total. The van der Waals surface area contributed by atoms with E-state index >= 15 is 0 Å². The van der Waals surface area contributed by atoms with E-state index in [4.69, 9.17) is 17.3 Å². The zero-order chi connectivity index (χ0) is 12.5. The van der Waals surface area contributed by atoms with Crippen LogP contribution in [0.5, 0.6) is 0 Å². The normalized spacial score (nSPS) is 24.9. The highest BCUT2D eigenvalue weighted by atomic mass is 35.5. The fraction of sp³-hybridized carbons (Fsp3) is 0.600. The van der Waals surface area contributed by atoms with E-state index in [9.17, 15) is 0 Å². The highest BCUT2D eigenvalue weighted by Gasteiger charge is 2.34. The van der Waals surface area contributed by atoms with Gasteiger partial charge in [-0.25, -0.2) is 0 Å². The molecule has 1 heterocycles. The van der Waals surface area contributed by atoms with Gasteiger partial charge in [0, 0.05) is 12.6 Å². The second-order valence-electron chi connectivity index (χ2n) is 5.63. The fourth-order valence-corrected chi connectivity index (χ4v) is 4.03. The molecule has 1 aliphatic heterocycles. The van der Waals surface area contributed by atoms with E-state index in [2.05, 4.69) is 4.90 Å². The zero-order valence-electron chi connectivity index (χ0n) is 10.7. The summed E-state index contributed by atoms with van der Waals surface area (Å²) in [5, 5.41) is 0.805. The molecule has 1 atom stereocenters.